The Morgan fingerprint density at radius 2 is 2.33 bits per heavy atom. The molecule has 0 spiro atoms. The van der Waals surface area contributed by atoms with Gasteiger partial charge in [0.1, 0.15) is 0 Å². The zero-order chi connectivity index (χ0) is 4.24. The zero-order valence-corrected chi connectivity index (χ0v) is 4.91. The van der Waals surface area contributed by atoms with Crippen molar-refractivity contribution < 1.29 is 0 Å². The summed E-state index contributed by atoms with van der Waals surface area (Å²) < 4.78 is 0. The van der Waals surface area contributed by atoms with E-state index in [1.165, 1.54) is 34.4 Å². The lowest BCUT2D eigenvalue weighted by atomic mass is 10.3. The maximum atomic E-state index is 2.42. The van der Waals surface area contributed by atoms with E-state index < -0.39 is 0 Å². The molecule has 0 aromatic carbocycles. The maximum Gasteiger partial charge on any atom is 0.0147 e. The quantitative estimate of drug-likeness (QED) is 0.397. The molecule has 0 aromatic heterocycles. The van der Waals surface area contributed by atoms with Crippen molar-refractivity contribution in [2.24, 2.45) is 0 Å². The second-order valence-electron chi connectivity index (χ2n) is 1.65. The molecule has 0 unspecified atom stereocenters. The van der Waals surface area contributed by atoms with E-state index in [1.54, 1.807) is 0 Å². The van der Waals surface area contributed by atoms with Crippen LogP contribution >= 0.6 is 0 Å². The molecule has 1 rings (SSSR count). The highest BCUT2D eigenvalue weighted by Crippen LogP contribution is 1.99. The smallest absolute Gasteiger partial charge is 0.0147 e. The molecule has 0 fully saturated rings. The molecule has 0 atom stereocenters. The molecule has 0 N–H and O–H groups in total. The summed E-state index contributed by atoms with van der Waals surface area (Å²) in [7, 11) is 1.18. The van der Waals surface area contributed by atoms with Gasteiger partial charge in [-0.3, -0.25) is 0 Å². The fourth-order valence-electron chi connectivity index (χ4n) is 0.678. The molecule has 0 aromatic rings. The molecule has 0 saturated heterocycles. The van der Waals surface area contributed by atoms with Crippen molar-refractivity contribution in [2.75, 3.05) is 0 Å². The Morgan fingerprint density at radius 3 is 2.50 bits per heavy atom. The topological polar surface area (TPSA) is 0 Å². The number of hydrogen-bond acceptors (Lipinski definition) is 0. The Bertz CT molecular complexity index is 49.0. The normalized spacial score (nSPS) is 21.3. The van der Waals surface area contributed by atoms with Gasteiger partial charge in [-0.25, -0.2) is 0 Å². The van der Waals surface area contributed by atoms with Gasteiger partial charge < -0.3 is 0 Å². The number of rotatable bonds is 0. The summed E-state index contributed by atoms with van der Waals surface area (Å²) in [6.45, 7) is 0. The second kappa shape index (κ2) is 2.29. The van der Waals surface area contributed by atoms with Crippen LogP contribution < -0.4 is 0 Å². The summed E-state index contributed by atoms with van der Waals surface area (Å²) in [5.74, 6) is 0. The van der Waals surface area contributed by atoms with Crippen LogP contribution in [0.15, 0.2) is 0 Å². The van der Waals surface area contributed by atoms with Crippen molar-refractivity contribution in [3.8, 4) is 0 Å². The van der Waals surface area contributed by atoms with Gasteiger partial charge in [0, 0.05) is 9.13 Å². The molecule has 0 saturated carbocycles. The molecule has 0 bridgehead atoms. The molecule has 1 radical (unpaired) electrons. The molecule has 1 heterocycles. The molecule has 0 nitrogen and oxygen atoms in total. The van der Waals surface area contributed by atoms with Crippen LogP contribution in [-0.2, 0) is 0 Å². The Morgan fingerprint density at radius 1 is 1.33 bits per heavy atom. The minimum Gasteiger partial charge on any atom is -0.103 e. The van der Waals surface area contributed by atoms with E-state index in [0.29, 0.717) is 0 Å². The first-order valence-electron chi connectivity index (χ1n) is 2.55. The van der Waals surface area contributed by atoms with Gasteiger partial charge >= 0.3 is 0 Å². The van der Waals surface area contributed by atoms with Gasteiger partial charge in [0.05, 0.1) is 0 Å². The zero-order valence-electron chi connectivity index (χ0n) is 3.91. The van der Waals surface area contributed by atoms with E-state index in [0.717, 1.165) is 0 Å². The first-order valence-corrected chi connectivity index (χ1v) is 3.83. The van der Waals surface area contributed by atoms with Crippen molar-refractivity contribution in [1.29, 1.82) is 0 Å². The fraction of sp³-hybridized carbons (Fsp3) is 0.800. The Labute approximate surface area is 41.0 Å². The van der Waals surface area contributed by atoms with Crippen molar-refractivity contribution >= 4 is 14.8 Å². The summed E-state index contributed by atoms with van der Waals surface area (Å²) in [6.07, 6.45) is 4.32. The average molecular weight is 97.2 g/mol. The van der Waals surface area contributed by atoms with Gasteiger partial charge in [0.25, 0.3) is 0 Å². The highest BCUT2D eigenvalue weighted by molar-refractivity contribution is 6.47. The first kappa shape index (κ1) is 4.25. The highest BCUT2D eigenvalue weighted by atomic mass is 28.2. The minimum atomic E-state index is 1.18. The second-order valence-corrected chi connectivity index (χ2v) is 2.97. The number of hydrogen-bond donors (Lipinski definition) is 0. The van der Waals surface area contributed by atoms with Crippen molar-refractivity contribution in [1.82, 2.24) is 0 Å². The summed E-state index contributed by atoms with van der Waals surface area (Å²) >= 11 is 0. The van der Waals surface area contributed by atoms with E-state index in [9.17, 15) is 0 Å². The fourth-order valence-corrected chi connectivity index (χ4v) is 1.74. The standard InChI is InChI=1S/C5H9Si/c1-2-4-6-5-3-1/h4H,1-3,5H2. The largest absolute Gasteiger partial charge is 0.103 e. The third kappa shape index (κ3) is 1.05. The van der Waals surface area contributed by atoms with Crippen LogP contribution in [0.1, 0.15) is 19.3 Å². The van der Waals surface area contributed by atoms with Crippen molar-refractivity contribution in [2.45, 2.75) is 25.3 Å². The predicted octanol–water partition coefficient (Wildman–Crippen LogP) is 1.09. The van der Waals surface area contributed by atoms with Crippen LogP contribution in [0.3, 0.4) is 0 Å². The monoisotopic (exact) mass is 97.0 g/mol. The molecule has 1 aliphatic rings. The molecule has 0 amide bonds. The maximum absolute atomic E-state index is 2.42. The van der Waals surface area contributed by atoms with E-state index in [2.05, 4.69) is 5.67 Å². The van der Waals surface area contributed by atoms with E-state index in [4.69, 9.17) is 0 Å². The SMILES string of the molecule is C1=[Si]CCCC1. The van der Waals surface area contributed by atoms with Gasteiger partial charge in [-0.05, 0) is 12.5 Å². The van der Waals surface area contributed by atoms with Crippen LogP contribution in [0.4, 0.5) is 0 Å². The highest BCUT2D eigenvalue weighted by Gasteiger charge is 1.87. The van der Waals surface area contributed by atoms with Gasteiger partial charge in [-0.15, -0.1) is 5.67 Å². The van der Waals surface area contributed by atoms with E-state index >= 15 is 0 Å². The van der Waals surface area contributed by atoms with Gasteiger partial charge in [0.15, 0.2) is 0 Å². The van der Waals surface area contributed by atoms with Crippen LogP contribution in [0.5, 0.6) is 0 Å². The summed E-state index contributed by atoms with van der Waals surface area (Å²) in [4.78, 5) is 0. The summed E-state index contributed by atoms with van der Waals surface area (Å²) in [5.41, 5.74) is 2.42. The van der Waals surface area contributed by atoms with E-state index in [-0.39, 0.29) is 0 Å². The molecule has 1 heteroatoms. The summed E-state index contributed by atoms with van der Waals surface area (Å²) in [6, 6.07) is 1.47. The molecular formula is C5H9Si. The van der Waals surface area contributed by atoms with Gasteiger partial charge in [0.2, 0.25) is 0 Å². The molecule has 1 aliphatic heterocycles. The third-order valence-electron chi connectivity index (χ3n) is 1.06. The lowest BCUT2D eigenvalue weighted by Gasteiger charge is -1.96. The van der Waals surface area contributed by atoms with Crippen LogP contribution in [0, 0.1) is 0 Å². The Balaban J connectivity index is 2.26. The van der Waals surface area contributed by atoms with Crippen LogP contribution in [-0.4, -0.2) is 14.8 Å². The van der Waals surface area contributed by atoms with Gasteiger partial charge in [-0.2, -0.15) is 0 Å². The van der Waals surface area contributed by atoms with Crippen LogP contribution in [0.25, 0.3) is 0 Å². The van der Waals surface area contributed by atoms with Gasteiger partial charge in [-0.1, -0.05) is 12.8 Å². The third-order valence-corrected chi connectivity index (χ3v) is 2.28. The van der Waals surface area contributed by atoms with Crippen molar-refractivity contribution in [3.05, 3.63) is 0 Å². The Kier molecular flexibility index (Phi) is 1.62. The molecule has 0 aliphatic carbocycles. The summed E-state index contributed by atoms with van der Waals surface area (Å²) in [5, 5.41) is 0. The predicted molar refractivity (Wildman–Crippen MR) is 30.5 cm³/mol. The first-order chi connectivity index (χ1) is 3.00. The van der Waals surface area contributed by atoms with E-state index in [1.807, 2.05) is 0 Å². The molecular weight excluding hydrogens is 88.1 g/mol. The Hall–Kier alpha value is 0.0869. The molecule has 6 heavy (non-hydrogen) atoms. The molecule has 33 valence electrons. The average Bonchev–Trinajstić information content (AvgIpc) is 1.72. The minimum absolute atomic E-state index is 1.18. The lowest BCUT2D eigenvalue weighted by Crippen LogP contribution is -1.91. The lowest BCUT2D eigenvalue weighted by molar-refractivity contribution is 0.834. The van der Waals surface area contributed by atoms with Crippen LogP contribution in [0.2, 0.25) is 6.04 Å². The van der Waals surface area contributed by atoms with Crippen molar-refractivity contribution in [3.63, 3.8) is 0 Å².